The summed E-state index contributed by atoms with van der Waals surface area (Å²) in [4.78, 5) is 38.4. The van der Waals surface area contributed by atoms with Gasteiger partial charge in [0.1, 0.15) is 5.75 Å². The molecule has 2 amide bonds. The van der Waals surface area contributed by atoms with Gasteiger partial charge < -0.3 is 21.1 Å². The topological polar surface area (TPSA) is 111 Å². The lowest BCUT2D eigenvalue weighted by Crippen LogP contribution is -2.60. The Labute approximate surface area is 252 Å². The molecule has 0 aliphatic rings. The van der Waals surface area contributed by atoms with Crippen LogP contribution in [0.1, 0.15) is 40.2 Å². The van der Waals surface area contributed by atoms with Gasteiger partial charge in [-0.1, -0.05) is 63.9 Å². The molecule has 0 radical (unpaired) electrons. The van der Waals surface area contributed by atoms with Gasteiger partial charge in [0.15, 0.2) is 18.2 Å². The van der Waals surface area contributed by atoms with Crippen molar-refractivity contribution in [3.8, 4) is 5.75 Å². The van der Waals surface area contributed by atoms with E-state index in [4.69, 9.17) is 33.7 Å². The van der Waals surface area contributed by atoms with E-state index in [1.165, 1.54) is 38.1 Å². The fourth-order valence-electron chi connectivity index (χ4n) is 4.16. The summed E-state index contributed by atoms with van der Waals surface area (Å²) >= 11 is 11.9. The highest BCUT2D eigenvalue weighted by molar-refractivity contribution is 6.34. The molecule has 4 N–H and O–H groups in total. The lowest BCUT2D eigenvalue weighted by molar-refractivity contribution is -0.163. The molecule has 232 valence electrons. The number of carbonyl (C=O) groups excluding carboxylic acids is 3. The summed E-state index contributed by atoms with van der Waals surface area (Å²) in [5.41, 5.74) is 6.01. The molecule has 0 fully saturated rings. The number of Topliss-reactive ketones (excluding diaryl/α,β-unsaturated/α-hetero) is 1. The van der Waals surface area contributed by atoms with Crippen molar-refractivity contribution in [2.75, 3.05) is 13.2 Å². The summed E-state index contributed by atoms with van der Waals surface area (Å²) < 4.78 is 63.2. The third kappa shape index (κ3) is 10.1. The van der Waals surface area contributed by atoms with Crippen molar-refractivity contribution in [1.82, 2.24) is 10.6 Å². The fourth-order valence-corrected chi connectivity index (χ4v) is 4.67. The van der Waals surface area contributed by atoms with Gasteiger partial charge in [-0.15, -0.1) is 0 Å². The Morgan fingerprint density at radius 3 is 2.10 bits per heavy atom. The van der Waals surface area contributed by atoms with E-state index < -0.39 is 71.1 Å². The molecule has 0 spiro atoms. The van der Waals surface area contributed by atoms with Crippen molar-refractivity contribution in [2.45, 2.75) is 59.0 Å². The molecule has 0 aromatic heterocycles. The van der Waals surface area contributed by atoms with Crippen LogP contribution in [-0.4, -0.2) is 48.8 Å². The van der Waals surface area contributed by atoms with Crippen LogP contribution in [0.3, 0.4) is 0 Å². The van der Waals surface area contributed by atoms with Crippen LogP contribution in [0.25, 0.3) is 0 Å². The van der Waals surface area contributed by atoms with E-state index in [0.717, 1.165) is 12.1 Å². The number of carbonyl (C=O) groups is 3. The molecule has 2 aromatic rings. The average Bonchev–Trinajstić information content (AvgIpc) is 2.86. The van der Waals surface area contributed by atoms with Gasteiger partial charge in [-0.25, -0.2) is 8.78 Å². The summed E-state index contributed by atoms with van der Waals surface area (Å²) in [5.74, 6) is -13.2. The molecule has 42 heavy (non-hydrogen) atoms. The lowest BCUT2D eigenvalue weighted by atomic mass is 9.78. The van der Waals surface area contributed by atoms with Gasteiger partial charge in [-0.3, -0.25) is 14.4 Å². The van der Waals surface area contributed by atoms with Crippen LogP contribution < -0.4 is 21.1 Å². The van der Waals surface area contributed by atoms with Gasteiger partial charge in [0.25, 0.3) is 11.8 Å². The molecule has 2 rings (SSSR count). The van der Waals surface area contributed by atoms with Crippen LogP contribution in [-0.2, 0) is 20.8 Å². The van der Waals surface area contributed by atoms with Crippen molar-refractivity contribution in [2.24, 2.45) is 23.0 Å². The molecular weight excluding hydrogens is 601 g/mol. The third-order valence-corrected chi connectivity index (χ3v) is 6.70. The standard InChI is InChI=1S/C29H35Cl2F4N3O4/c1-15(2)24(26(40)29(34,35)27(41)37-14-28(3,4)5)25(36)22(9-16-6-7-20(32)21(33)8-16)38-23(39)13-42-19-11-17(30)10-18(31)12-19/h6-8,10-12,15,22,24-25H,9,13-14,36H2,1-5H3,(H,37,41)(H,38,39)/t22-,24-,25?/m0/s1. The molecule has 0 aliphatic heterocycles. The first-order valence-corrected chi connectivity index (χ1v) is 13.9. The van der Waals surface area contributed by atoms with E-state index >= 15 is 8.78 Å². The predicted molar refractivity (Wildman–Crippen MR) is 153 cm³/mol. The first kappa shape index (κ1) is 35.3. The van der Waals surface area contributed by atoms with Crippen LogP contribution in [0.5, 0.6) is 5.75 Å². The first-order chi connectivity index (χ1) is 19.3. The number of amides is 2. The van der Waals surface area contributed by atoms with Crippen LogP contribution in [0.4, 0.5) is 17.6 Å². The second-order valence-electron chi connectivity index (χ2n) is 11.5. The maximum absolute atomic E-state index is 15.1. The molecule has 1 unspecified atom stereocenters. The van der Waals surface area contributed by atoms with E-state index in [1.54, 1.807) is 20.8 Å². The van der Waals surface area contributed by atoms with Crippen molar-refractivity contribution >= 4 is 40.8 Å². The molecule has 0 bridgehead atoms. The number of hydrogen-bond donors (Lipinski definition) is 3. The van der Waals surface area contributed by atoms with E-state index in [0.29, 0.717) is 0 Å². The van der Waals surface area contributed by atoms with Gasteiger partial charge in [0.05, 0.1) is 0 Å². The number of hydrogen-bond acceptors (Lipinski definition) is 5. The second kappa shape index (κ2) is 14.5. The molecule has 0 saturated heterocycles. The predicted octanol–water partition coefficient (Wildman–Crippen LogP) is 5.34. The highest BCUT2D eigenvalue weighted by Gasteiger charge is 2.53. The molecule has 7 nitrogen and oxygen atoms in total. The molecular formula is C29H35Cl2F4N3O4. The fraction of sp³-hybridized carbons (Fsp3) is 0.483. The Bertz CT molecular complexity index is 1270. The normalized spacial score (nSPS) is 14.2. The largest absolute Gasteiger partial charge is 0.484 e. The van der Waals surface area contributed by atoms with Crippen molar-refractivity contribution in [3.63, 3.8) is 0 Å². The van der Waals surface area contributed by atoms with Gasteiger partial charge in [0.2, 0.25) is 5.78 Å². The third-order valence-electron chi connectivity index (χ3n) is 6.27. The minimum Gasteiger partial charge on any atom is -0.484 e. The van der Waals surface area contributed by atoms with Crippen molar-refractivity contribution in [3.05, 3.63) is 63.6 Å². The first-order valence-electron chi connectivity index (χ1n) is 13.1. The Hall–Kier alpha value is -2.89. The summed E-state index contributed by atoms with van der Waals surface area (Å²) in [6, 6.07) is 4.52. The Kier molecular flexibility index (Phi) is 12.2. The van der Waals surface area contributed by atoms with Crippen molar-refractivity contribution in [1.29, 1.82) is 0 Å². The minimum absolute atomic E-state index is 0.111. The van der Waals surface area contributed by atoms with Gasteiger partial charge in [-0.2, -0.15) is 8.78 Å². The monoisotopic (exact) mass is 635 g/mol. The summed E-state index contributed by atoms with van der Waals surface area (Å²) in [5, 5.41) is 5.15. The van der Waals surface area contributed by atoms with E-state index in [9.17, 15) is 23.2 Å². The Morgan fingerprint density at radius 1 is 0.976 bits per heavy atom. The zero-order valence-electron chi connectivity index (χ0n) is 23.9. The molecule has 0 saturated carbocycles. The quantitative estimate of drug-likeness (QED) is 0.203. The number of halogens is 6. The molecule has 2 aromatic carbocycles. The zero-order valence-corrected chi connectivity index (χ0v) is 25.4. The van der Waals surface area contributed by atoms with E-state index in [-0.39, 0.29) is 34.3 Å². The molecule has 3 atom stereocenters. The number of alkyl halides is 2. The zero-order chi connectivity index (χ0) is 32.0. The molecule has 13 heteroatoms. The molecule has 0 aliphatic carbocycles. The Morgan fingerprint density at radius 2 is 1.57 bits per heavy atom. The summed E-state index contributed by atoms with van der Waals surface area (Å²) in [7, 11) is 0. The van der Waals surface area contributed by atoms with E-state index in [2.05, 4.69) is 10.6 Å². The van der Waals surface area contributed by atoms with Crippen molar-refractivity contribution < 1.29 is 36.7 Å². The second-order valence-corrected chi connectivity index (χ2v) is 12.4. The number of nitrogens with two attached hydrogens (primary N) is 1. The van der Waals surface area contributed by atoms with Crippen LogP contribution in [0.15, 0.2) is 36.4 Å². The van der Waals surface area contributed by atoms with Crippen LogP contribution >= 0.6 is 23.2 Å². The van der Waals surface area contributed by atoms with Crippen LogP contribution in [0.2, 0.25) is 10.0 Å². The maximum atomic E-state index is 15.1. The Balaban J connectivity index is 2.34. The highest BCUT2D eigenvalue weighted by atomic mass is 35.5. The summed E-state index contributed by atoms with van der Waals surface area (Å²) in [6.07, 6.45) is -0.259. The number of benzene rings is 2. The average molecular weight is 637 g/mol. The van der Waals surface area contributed by atoms with Gasteiger partial charge >= 0.3 is 5.92 Å². The lowest BCUT2D eigenvalue weighted by Gasteiger charge is -2.34. The van der Waals surface area contributed by atoms with Gasteiger partial charge in [-0.05, 0) is 53.6 Å². The number of ether oxygens (including phenoxy) is 1. The highest BCUT2D eigenvalue weighted by Crippen LogP contribution is 2.29. The maximum Gasteiger partial charge on any atom is 0.381 e. The smallest absolute Gasteiger partial charge is 0.381 e. The SMILES string of the molecule is CC(C)[C@H](C(=O)C(F)(F)C(=O)NCC(C)(C)C)C(N)[C@H](Cc1ccc(F)c(F)c1)NC(=O)COc1cc(Cl)cc(Cl)c1. The van der Waals surface area contributed by atoms with E-state index in [1.807, 2.05) is 0 Å². The molecule has 0 heterocycles. The van der Waals surface area contributed by atoms with Gasteiger partial charge in [0, 0.05) is 34.6 Å². The number of nitrogens with one attached hydrogen (secondary N) is 2. The minimum atomic E-state index is -4.43. The number of rotatable bonds is 13. The summed E-state index contributed by atoms with van der Waals surface area (Å²) in [6.45, 7) is 7.40. The number of ketones is 1. The van der Waals surface area contributed by atoms with Crippen LogP contribution in [0, 0.1) is 28.9 Å².